The van der Waals surface area contributed by atoms with Crippen LogP contribution in [-0.4, -0.2) is 19.4 Å². The topological polar surface area (TPSA) is 52.3 Å². The number of hydrogen-bond acceptors (Lipinski definition) is 3. The molecule has 0 aliphatic heterocycles. The second kappa shape index (κ2) is 4.98. The smallest absolute Gasteiger partial charge is 0.165 e. The normalized spacial score (nSPS) is 9.93. The van der Waals surface area contributed by atoms with Crippen molar-refractivity contribution in [3.63, 3.8) is 0 Å². The average Bonchev–Trinajstić information content (AvgIpc) is 2.17. The number of methoxy groups -OCH3 is 1. The average molecular weight is 214 g/mol. The minimum Gasteiger partial charge on any atom is -0.497 e. The summed E-state index contributed by atoms with van der Waals surface area (Å²) >= 11 is 5.90. The maximum absolute atomic E-state index is 11.5. The van der Waals surface area contributed by atoms with Crippen molar-refractivity contribution in [1.29, 1.82) is 0 Å². The van der Waals surface area contributed by atoms with Crippen molar-refractivity contribution in [2.45, 2.75) is 6.42 Å². The molecule has 4 heteroatoms. The van der Waals surface area contributed by atoms with E-state index in [9.17, 15) is 4.79 Å². The van der Waals surface area contributed by atoms with E-state index in [1.54, 1.807) is 25.3 Å². The first-order valence-electron chi connectivity index (χ1n) is 4.26. The molecular weight excluding hydrogens is 202 g/mol. The Labute approximate surface area is 87.8 Å². The SMILES string of the molecule is COc1ccc(C(=O)CCN)c(Cl)c1. The third-order valence-electron chi connectivity index (χ3n) is 1.85. The molecule has 0 aromatic heterocycles. The van der Waals surface area contributed by atoms with Gasteiger partial charge in [0.25, 0.3) is 0 Å². The Balaban J connectivity index is 2.94. The Morgan fingerprint density at radius 1 is 1.57 bits per heavy atom. The molecule has 1 aromatic rings. The molecule has 0 saturated carbocycles. The standard InChI is InChI=1S/C10H12ClNO2/c1-14-7-2-3-8(9(11)6-7)10(13)4-5-12/h2-3,6H,4-5,12H2,1H3. The van der Waals surface area contributed by atoms with Crippen LogP contribution in [0.2, 0.25) is 5.02 Å². The molecular formula is C10H12ClNO2. The lowest BCUT2D eigenvalue weighted by atomic mass is 10.1. The number of rotatable bonds is 4. The van der Waals surface area contributed by atoms with E-state index in [4.69, 9.17) is 22.1 Å². The second-order valence-electron chi connectivity index (χ2n) is 2.81. The Bertz CT molecular complexity index is 339. The van der Waals surface area contributed by atoms with Crippen LogP contribution < -0.4 is 10.5 Å². The fraction of sp³-hybridized carbons (Fsp3) is 0.300. The molecule has 0 aliphatic carbocycles. The highest BCUT2D eigenvalue weighted by atomic mass is 35.5. The van der Waals surface area contributed by atoms with Gasteiger partial charge in [-0.3, -0.25) is 4.79 Å². The largest absolute Gasteiger partial charge is 0.497 e. The summed E-state index contributed by atoms with van der Waals surface area (Å²) in [7, 11) is 1.55. The molecule has 0 fully saturated rings. The minimum absolute atomic E-state index is 0.0415. The minimum atomic E-state index is -0.0415. The van der Waals surface area contributed by atoms with Crippen LogP contribution in [0, 0.1) is 0 Å². The van der Waals surface area contributed by atoms with E-state index in [0.29, 0.717) is 29.3 Å². The molecule has 0 spiro atoms. The van der Waals surface area contributed by atoms with E-state index >= 15 is 0 Å². The van der Waals surface area contributed by atoms with Crippen molar-refractivity contribution in [2.24, 2.45) is 5.73 Å². The Hall–Kier alpha value is -1.06. The van der Waals surface area contributed by atoms with Gasteiger partial charge in [-0.25, -0.2) is 0 Å². The van der Waals surface area contributed by atoms with Gasteiger partial charge in [-0.1, -0.05) is 11.6 Å². The molecule has 0 saturated heterocycles. The molecule has 0 amide bonds. The first-order chi connectivity index (χ1) is 6.69. The Kier molecular flexibility index (Phi) is 3.92. The zero-order chi connectivity index (χ0) is 10.6. The number of carbonyl (C=O) groups excluding carboxylic acids is 1. The van der Waals surface area contributed by atoms with Gasteiger partial charge in [0, 0.05) is 12.0 Å². The summed E-state index contributed by atoms with van der Waals surface area (Å²) in [4.78, 5) is 11.5. The summed E-state index contributed by atoms with van der Waals surface area (Å²) in [6.45, 7) is 0.335. The maximum Gasteiger partial charge on any atom is 0.165 e. The van der Waals surface area contributed by atoms with Gasteiger partial charge in [0.15, 0.2) is 5.78 Å². The second-order valence-corrected chi connectivity index (χ2v) is 3.21. The van der Waals surface area contributed by atoms with Crippen molar-refractivity contribution in [3.05, 3.63) is 28.8 Å². The zero-order valence-electron chi connectivity index (χ0n) is 7.92. The number of ether oxygens (including phenoxy) is 1. The fourth-order valence-corrected chi connectivity index (χ4v) is 1.39. The summed E-state index contributed by atoms with van der Waals surface area (Å²) in [5, 5.41) is 0.405. The third-order valence-corrected chi connectivity index (χ3v) is 2.16. The number of halogens is 1. The molecule has 0 radical (unpaired) electrons. The third kappa shape index (κ3) is 2.47. The summed E-state index contributed by atoms with van der Waals surface area (Å²) in [5.74, 6) is 0.597. The monoisotopic (exact) mass is 213 g/mol. The lowest BCUT2D eigenvalue weighted by Crippen LogP contribution is -2.08. The van der Waals surface area contributed by atoms with Crippen LogP contribution in [-0.2, 0) is 0 Å². The molecule has 1 aromatic carbocycles. The van der Waals surface area contributed by atoms with Crippen LogP contribution in [0.4, 0.5) is 0 Å². The summed E-state index contributed by atoms with van der Waals surface area (Å²) in [6.07, 6.45) is 0.312. The van der Waals surface area contributed by atoms with Crippen LogP contribution in [0.25, 0.3) is 0 Å². The van der Waals surface area contributed by atoms with Crippen LogP contribution in [0.3, 0.4) is 0 Å². The van der Waals surface area contributed by atoms with Gasteiger partial charge in [-0.05, 0) is 24.7 Å². The number of Topliss-reactive ketones (excluding diaryl/α,β-unsaturated/α-hetero) is 1. The quantitative estimate of drug-likeness (QED) is 0.777. The molecule has 76 valence electrons. The summed E-state index contributed by atoms with van der Waals surface area (Å²) in [6, 6.07) is 4.97. The highest BCUT2D eigenvalue weighted by Crippen LogP contribution is 2.23. The van der Waals surface area contributed by atoms with Gasteiger partial charge < -0.3 is 10.5 Å². The molecule has 0 aliphatic rings. The summed E-state index contributed by atoms with van der Waals surface area (Å²) in [5.41, 5.74) is 5.78. The van der Waals surface area contributed by atoms with Gasteiger partial charge >= 0.3 is 0 Å². The molecule has 3 nitrogen and oxygen atoms in total. The number of benzene rings is 1. The molecule has 2 N–H and O–H groups in total. The van der Waals surface area contributed by atoms with Crippen LogP contribution in [0.5, 0.6) is 5.75 Å². The lowest BCUT2D eigenvalue weighted by molar-refractivity contribution is 0.0985. The lowest BCUT2D eigenvalue weighted by Gasteiger charge is -2.04. The predicted molar refractivity (Wildman–Crippen MR) is 56.0 cm³/mol. The first-order valence-corrected chi connectivity index (χ1v) is 4.63. The van der Waals surface area contributed by atoms with Gasteiger partial charge in [-0.15, -0.1) is 0 Å². The van der Waals surface area contributed by atoms with Crippen molar-refractivity contribution >= 4 is 17.4 Å². The van der Waals surface area contributed by atoms with Crippen molar-refractivity contribution in [3.8, 4) is 5.75 Å². The number of nitrogens with two attached hydrogens (primary N) is 1. The maximum atomic E-state index is 11.5. The highest BCUT2D eigenvalue weighted by Gasteiger charge is 2.09. The zero-order valence-corrected chi connectivity index (χ0v) is 8.67. The summed E-state index contributed by atoms with van der Waals surface area (Å²) < 4.78 is 4.97. The Morgan fingerprint density at radius 3 is 2.79 bits per heavy atom. The van der Waals surface area contributed by atoms with Gasteiger partial charge in [-0.2, -0.15) is 0 Å². The van der Waals surface area contributed by atoms with E-state index in [-0.39, 0.29) is 5.78 Å². The molecule has 0 bridgehead atoms. The van der Waals surface area contributed by atoms with Crippen molar-refractivity contribution in [2.75, 3.05) is 13.7 Å². The van der Waals surface area contributed by atoms with E-state index in [2.05, 4.69) is 0 Å². The molecule has 0 heterocycles. The molecule has 0 unspecified atom stereocenters. The van der Waals surface area contributed by atoms with Crippen molar-refractivity contribution < 1.29 is 9.53 Å². The van der Waals surface area contributed by atoms with Crippen LogP contribution in [0.15, 0.2) is 18.2 Å². The van der Waals surface area contributed by atoms with Crippen LogP contribution in [0.1, 0.15) is 16.8 Å². The molecule has 14 heavy (non-hydrogen) atoms. The van der Waals surface area contributed by atoms with E-state index < -0.39 is 0 Å². The fourth-order valence-electron chi connectivity index (χ4n) is 1.11. The number of ketones is 1. The van der Waals surface area contributed by atoms with Gasteiger partial charge in [0.1, 0.15) is 5.75 Å². The van der Waals surface area contributed by atoms with Gasteiger partial charge in [0.05, 0.1) is 12.1 Å². The molecule has 0 atom stereocenters. The predicted octanol–water partition coefficient (Wildman–Crippen LogP) is 1.88. The number of hydrogen-bond donors (Lipinski definition) is 1. The Morgan fingerprint density at radius 2 is 2.29 bits per heavy atom. The van der Waals surface area contributed by atoms with E-state index in [1.165, 1.54) is 0 Å². The van der Waals surface area contributed by atoms with E-state index in [0.717, 1.165) is 0 Å². The highest BCUT2D eigenvalue weighted by molar-refractivity contribution is 6.34. The first kappa shape index (κ1) is 11.0. The molecule has 1 rings (SSSR count). The van der Waals surface area contributed by atoms with Crippen molar-refractivity contribution in [1.82, 2.24) is 0 Å². The van der Waals surface area contributed by atoms with Gasteiger partial charge in [0.2, 0.25) is 0 Å². The van der Waals surface area contributed by atoms with E-state index in [1.807, 2.05) is 0 Å². The number of carbonyl (C=O) groups is 1. The van der Waals surface area contributed by atoms with Crippen LogP contribution >= 0.6 is 11.6 Å².